The molecule has 9 heteroatoms. The lowest BCUT2D eigenvalue weighted by molar-refractivity contribution is -0.131. The second kappa shape index (κ2) is 10.5. The van der Waals surface area contributed by atoms with Crippen LogP contribution < -0.4 is 15.5 Å². The van der Waals surface area contributed by atoms with Gasteiger partial charge in [0.05, 0.1) is 5.02 Å². The minimum atomic E-state index is -0.328. The average molecular weight is 501 g/mol. The minimum Gasteiger partial charge on any atom is -0.368 e. The number of nitrogens with one attached hydrogen (secondary N) is 2. The fourth-order valence-electron chi connectivity index (χ4n) is 3.82. The number of rotatable bonds is 5. The molecule has 1 aliphatic rings. The summed E-state index contributed by atoms with van der Waals surface area (Å²) in [5.74, 6) is -0.0880. The number of anilines is 2. The van der Waals surface area contributed by atoms with Crippen LogP contribution in [0.15, 0.2) is 48.5 Å². The topological polar surface area (TPSA) is 64.7 Å². The lowest BCUT2D eigenvalue weighted by atomic mass is 10.2. The molecule has 172 valence electrons. The van der Waals surface area contributed by atoms with E-state index in [9.17, 15) is 9.59 Å². The summed E-state index contributed by atoms with van der Waals surface area (Å²) in [6, 6.07) is 15.5. The van der Waals surface area contributed by atoms with Crippen molar-refractivity contribution in [2.45, 2.75) is 19.8 Å². The first-order valence-electron chi connectivity index (χ1n) is 10.9. The van der Waals surface area contributed by atoms with E-state index in [1.807, 2.05) is 60.4 Å². The Labute approximate surface area is 207 Å². The largest absolute Gasteiger partial charge is 0.368 e. The van der Waals surface area contributed by atoms with E-state index in [0.717, 1.165) is 54.1 Å². The molecule has 6 nitrogen and oxygen atoms in total. The summed E-state index contributed by atoms with van der Waals surface area (Å²) < 4.78 is 0.956. The van der Waals surface area contributed by atoms with Crippen LogP contribution in [0.3, 0.4) is 0 Å². The molecule has 1 fully saturated rings. The van der Waals surface area contributed by atoms with Crippen LogP contribution in [0.25, 0.3) is 10.1 Å². The third-order valence-electron chi connectivity index (χ3n) is 5.55. The molecule has 0 radical (unpaired) electrons. The number of thiocarbonyl (C=S) groups is 1. The summed E-state index contributed by atoms with van der Waals surface area (Å²) in [5.41, 5.74) is 1.87. The molecule has 3 aromatic rings. The minimum absolute atomic E-state index is 0.212. The van der Waals surface area contributed by atoms with Crippen molar-refractivity contribution < 1.29 is 9.59 Å². The lowest BCUT2D eigenvalue weighted by Gasteiger charge is -2.36. The molecule has 33 heavy (non-hydrogen) atoms. The van der Waals surface area contributed by atoms with Crippen LogP contribution in [0, 0.1) is 0 Å². The van der Waals surface area contributed by atoms with Crippen molar-refractivity contribution in [2.75, 3.05) is 36.4 Å². The fourth-order valence-corrected chi connectivity index (χ4v) is 5.45. The van der Waals surface area contributed by atoms with Gasteiger partial charge >= 0.3 is 0 Å². The number of halogens is 1. The highest BCUT2D eigenvalue weighted by Gasteiger charge is 2.21. The normalized spacial score (nSPS) is 13.8. The third kappa shape index (κ3) is 5.46. The molecule has 0 spiro atoms. The highest BCUT2D eigenvalue weighted by atomic mass is 35.5. The molecule has 1 saturated heterocycles. The van der Waals surface area contributed by atoms with Crippen LogP contribution >= 0.6 is 35.2 Å². The standard InChI is InChI=1S/C24H25ClN4O2S2/c1-2-5-20(30)29-14-12-28(13-15-29)17-10-8-16(9-11-17)26-24(32)27-23(31)22-21(25)18-6-3-4-7-19(18)33-22/h3-4,6-11H,2,5,12-15H2,1H3,(H2,26,27,31,32). The zero-order valence-electron chi connectivity index (χ0n) is 18.3. The maximum Gasteiger partial charge on any atom is 0.269 e. The Morgan fingerprint density at radius 2 is 1.76 bits per heavy atom. The van der Waals surface area contributed by atoms with E-state index in [0.29, 0.717) is 16.3 Å². The maximum atomic E-state index is 12.7. The number of amides is 2. The van der Waals surface area contributed by atoms with Crippen molar-refractivity contribution in [3.63, 3.8) is 0 Å². The summed E-state index contributed by atoms with van der Waals surface area (Å²) in [6.45, 7) is 5.14. The molecule has 0 aliphatic carbocycles. The molecule has 1 aliphatic heterocycles. The first kappa shape index (κ1) is 23.5. The molecular weight excluding hydrogens is 476 g/mol. The number of nitrogens with zero attached hydrogens (tertiary/aromatic N) is 2. The molecule has 0 unspecified atom stereocenters. The predicted molar refractivity (Wildman–Crippen MR) is 141 cm³/mol. The van der Waals surface area contributed by atoms with Crippen molar-refractivity contribution in [1.82, 2.24) is 10.2 Å². The van der Waals surface area contributed by atoms with Crippen LogP contribution in [0.1, 0.15) is 29.4 Å². The van der Waals surface area contributed by atoms with Crippen LogP contribution in [0.2, 0.25) is 5.02 Å². The number of carbonyl (C=O) groups excluding carboxylic acids is 2. The second-order valence-corrected chi connectivity index (χ2v) is 9.65. The Bertz CT molecular complexity index is 1170. The van der Waals surface area contributed by atoms with Gasteiger partial charge in [0.2, 0.25) is 5.91 Å². The highest BCUT2D eigenvalue weighted by molar-refractivity contribution is 7.80. The molecule has 1 aromatic heterocycles. The fraction of sp³-hybridized carbons (Fsp3) is 0.292. The van der Waals surface area contributed by atoms with Crippen molar-refractivity contribution in [3.8, 4) is 0 Å². The zero-order chi connectivity index (χ0) is 23.4. The van der Waals surface area contributed by atoms with E-state index in [2.05, 4.69) is 15.5 Å². The van der Waals surface area contributed by atoms with Gasteiger partial charge < -0.3 is 15.1 Å². The number of carbonyl (C=O) groups is 2. The lowest BCUT2D eigenvalue weighted by Crippen LogP contribution is -2.48. The summed E-state index contributed by atoms with van der Waals surface area (Å²) in [7, 11) is 0. The molecular formula is C24H25ClN4O2S2. The van der Waals surface area contributed by atoms with Crippen molar-refractivity contribution in [1.29, 1.82) is 0 Å². The first-order chi connectivity index (χ1) is 16.0. The Morgan fingerprint density at radius 1 is 1.06 bits per heavy atom. The Balaban J connectivity index is 1.31. The average Bonchev–Trinajstić information content (AvgIpc) is 3.16. The number of fused-ring (bicyclic) bond motifs is 1. The summed E-state index contributed by atoms with van der Waals surface area (Å²) >= 11 is 13.1. The maximum absolute atomic E-state index is 12.7. The number of hydrogen-bond acceptors (Lipinski definition) is 5. The van der Waals surface area contributed by atoms with Crippen LogP contribution in [-0.4, -0.2) is 48.0 Å². The molecule has 0 atom stereocenters. The Kier molecular flexibility index (Phi) is 7.47. The summed E-state index contributed by atoms with van der Waals surface area (Å²) in [4.78, 5) is 29.4. The van der Waals surface area contributed by atoms with Gasteiger partial charge in [-0.1, -0.05) is 36.7 Å². The molecule has 4 rings (SSSR count). The van der Waals surface area contributed by atoms with E-state index in [4.69, 9.17) is 23.8 Å². The van der Waals surface area contributed by atoms with Gasteiger partial charge in [-0.25, -0.2) is 0 Å². The Morgan fingerprint density at radius 3 is 2.42 bits per heavy atom. The van der Waals surface area contributed by atoms with Gasteiger partial charge in [0, 0.05) is 54.1 Å². The van der Waals surface area contributed by atoms with Gasteiger partial charge in [-0.05, 0) is 49.0 Å². The van der Waals surface area contributed by atoms with Gasteiger partial charge in [0.1, 0.15) is 4.88 Å². The second-order valence-electron chi connectivity index (χ2n) is 7.81. The highest BCUT2D eigenvalue weighted by Crippen LogP contribution is 2.35. The molecule has 0 saturated carbocycles. The van der Waals surface area contributed by atoms with E-state index in [1.165, 1.54) is 11.3 Å². The molecule has 0 bridgehead atoms. The van der Waals surface area contributed by atoms with E-state index in [1.54, 1.807) is 0 Å². The quantitative estimate of drug-likeness (QED) is 0.475. The Hall–Kier alpha value is -2.68. The zero-order valence-corrected chi connectivity index (χ0v) is 20.7. The number of thiophene rings is 1. The molecule has 2 heterocycles. The van der Waals surface area contributed by atoms with Crippen molar-refractivity contribution >= 4 is 73.5 Å². The van der Waals surface area contributed by atoms with Gasteiger partial charge in [0.15, 0.2) is 5.11 Å². The van der Waals surface area contributed by atoms with Crippen molar-refractivity contribution in [2.24, 2.45) is 0 Å². The number of piperazine rings is 1. The summed E-state index contributed by atoms with van der Waals surface area (Å²) in [6.07, 6.45) is 1.50. The van der Waals surface area contributed by atoms with Crippen LogP contribution in [-0.2, 0) is 4.79 Å². The molecule has 2 N–H and O–H groups in total. The number of hydrogen-bond donors (Lipinski definition) is 2. The van der Waals surface area contributed by atoms with Gasteiger partial charge in [-0.15, -0.1) is 11.3 Å². The first-order valence-corrected chi connectivity index (χ1v) is 12.5. The van der Waals surface area contributed by atoms with Crippen molar-refractivity contribution in [3.05, 3.63) is 58.4 Å². The van der Waals surface area contributed by atoms with E-state index in [-0.39, 0.29) is 16.9 Å². The monoisotopic (exact) mass is 500 g/mol. The smallest absolute Gasteiger partial charge is 0.269 e. The SMILES string of the molecule is CCCC(=O)N1CCN(c2ccc(NC(=S)NC(=O)c3sc4ccccc4c3Cl)cc2)CC1. The van der Waals surface area contributed by atoms with Gasteiger partial charge in [-0.3, -0.25) is 14.9 Å². The molecule has 2 amide bonds. The molecule has 2 aromatic carbocycles. The van der Waals surface area contributed by atoms with Crippen LogP contribution in [0.5, 0.6) is 0 Å². The van der Waals surface area contributed by atoms with Gasteiger partial charge in [-0.2, -0.15) is 0 Å². The van der Waals surface area contributed by atoms with Gasteiger partial charge in [0.25, 0.3) is 5.91 Å². The third-order valence-corrected chi connectivity index (χ3v) is 7.43. The van der Waals surface area contributed by atoms with Crippen LogP contribution in [0.4, 0.5) is 11.4 Å². The summed E-state index contributed by atoms with van der Waals surface area (Å²) in [5, 5.41) is 7.28. The number of benzene rings is 2. The van der Waals surface area contributed by atoms with E-state index >= 15 is 0 Å². The van der Waals surface area contributed by atoms with E-state index < -0.39 is 0 Å². The predicted octanol–water partition coefficient (Wildman–Crippen LogP) is 5.13.